The summed E-state index contributed by atoms with van der Waals surface area (Å²) in [5.41, 5.74) is 1.99. The average Bonchev–Trinajstić information content (AvgIpc) is 2.88. The number of hydrogen-bond donors (Lipinski definition) is 3. The molecule has 4 amide bonds. The fraction of sp³-hybridized carbons (Fsp3) is 0.222. The molecule has 0 spiro atoms. The minimum Gasteiger partial charge on any atom is -0.339 e. The van der Waals surface area contributed by atoms with Gasteiger partial charge in [-0.25, -0.2) is 4.79 Å². The first kappa shape index (κ1) is 23.0. The van der Waals surface area contributed by atoms with E-state index in [-0.39, 0.29) is 23.8 Å². The Hall–Kier alpha value is -4.13. The molecule has 34 heavy (non-hydrogen) atoms. The first-order valence-electron chi connectivity index (χ1n) is 11.4. The number of amides is 4. The van der Waals surface area contributed by atoms with Crippen molar-refractivity contribution in [2.24, 2.45) is 5.92 Å². The van der Waals surface area contributed by atoms with Crippen LogP contribution in [0.2, 0.25) is 0 Å². The van der Waals surface area contributed by atoms with Crippen molar-refractivity contribution in [1.29, 1.82) is 0 Å². The lowest BCUT2D eigenvalue weighted by Gasteiger charge is -2.31. The minimum atomic E-state index is -0.318. The van der Waals surface area contributed by atoms with Gasteiger partial charge in [-0.3, -0.25) is 9.59 Å². The highest BCUT2D eigenvalue weighted by molar-refractivity contribution is 6.07. The van der Waals surface area contributed by atoms with Crippen molar-refractivity contribution in [2.45, 2.75) is 12.8 Å². The number of rotatable bonds is 6. The molecule has 4 rings (SSSR count). The molecule has 0 aromatic heterocycles. The van der Waals surface area contributed by atoms with Gasteiger partial charge in [-0.05, 0) is 53.9 Å². The smallest absolute Gasteiger partial charge is 0.319 e. The van der Waals surface area contributed by atoms with Crippen LogP contribution in [-0.4, -0.2) is 42.4 Å². The summed E-state index contributed by atoms with van der Waals surface area (Å²) in [6, 6.07) is 20.3. The SMILES string of the molecule is C=CCNC(=O)Nc1ccc(NC(=O)C2CCN(C(=O)c3cccc4ccccc34)CC2)cc1. The first-order chi connectivity index (χ1) is 16.5. The van der Waals surface area contributed by atoms with E-state index in [0.29, 0.717) is 49.4 Å². The zero-order valence-corrected chi connectivity index (χ0v) is 18.9. The van der Waals surface area contributed by atoms with Gasteiger partial charge in [0.1, 0.15) is 0 Å². The number of benzene rings is 3. The molecule has 174 valence electrons. The summed E-state index contributed by atoms with van der Waals surface area (Å²) in [6.07, 6.45) is 2.83. The number of piperidine rings is 1. The van der Waals surface area contributed by atoms with Crippen LogP contribution in [0.5, 0.6) is 0 Å². The molecular weight excluding hydrogens is 428 g/mol. The van der Waals surface area contributed by atoms with Gasteiger partial charge in [0.25, 0.3) is 5.91 Å². The number of nitrogens with one attached hydrogen (secondary N) is 3. The van der Waals surface area contributed by atoms with Gasteiger partial charge in [0, 0.05) is 42.5 Å². The summed E-state index contributed by atoms with van der Waals surface area (Å²) < 4.78 is 0. The van der Waals surface area contributed by atoms with Crippen LogP contribution in [0, 0.1) is 5.92 Å². The molecular formula is C27H28N4O3. The second-order valence-corrected chi connectivity index (χ2v) is 8.28. The predicted molar refractivity (Wildman–Crippen MR) is 135 cm³/mol. The lowest BCUT2D eigenvalue weighted by Crippen LogP contribution is -2.41. The van der Waals surface area contributed by atoms with Crippen molar-refractivity contribution in [3.05, 3.63) is 84.9 Å². The number of fused-ring (bicyclic) bond motifs is 1. The lowest BCUT2D eigenvalue weighted by molar-refractivity contribution is -0.121. The van der Waals surface area contributed by atoms with Crippen molar-refractivity contribution in [3.63, 3.8) is 0 Å². The zero-order valence-electron chi connectivity index (χ0n) is 18.9. The van der Waals surface area contributed by atoms with Crippen LogP contribution in [0.15, 0.2) is 79.4 Å². The minimum absolute atomic E-state index is 0.0101. The number of hydrogen-bond acceptors (Lipinski definition) is 3. The Bertz CT molecular complexity index is 1190. The average molecular weight is 457 g/mol. The van der Waals surface area contributed by atoms with Crippen LogP contribution >= 0.6 is 0 Å². The van der Waals surface area contributed by atoms with Gasteiger partial charge < -0.3 is 20.9 Å². The molecule has 0 saturated carbocycles. The predicted octanol–water partition coefficient (Wildman–Crippen LogP) is 4.64. The number of likely N-dealkylation sites (tertiary alicyclic amines) is 1. The number of nitrogens with zero attached hydrogens (tertiary/aromatic N) is 1. The van der Waals surface area contributed by atoms with Crippen molar-refractivity contribution >= 4 is 40.0 Å². The molecule has 1 aliphatic heterocycles. The third-order valence-electron chi connectivity index (χ3n) is 5.99. The molecule has 0 atom stereocenters. The second kappa shape index (κ2) is 10.7. The van der Waals surface area contributed by atoms with Gasteiger partial charge in [0.15, 0.2) is 0 Å². The Balaban J connectivity index is 1.30. The van der Waals surface area contributed by atoms with E-state index < -0.39 is 0 Å². The Labute approximate surface area is 198 Å². The third kappa shape index (κ3) is 5.43. The molecule has 0 radical (unpaired) electrons. The Morgan fingerprint density at radius 2 is 1.53 bits per heavy atom. The van der Waals surface area contributed by atoms with E-state index in [1.807, 2.05) is 47.4 Å². The maximum atomic E-state index is 13.1. The van der Waals surface area contributed by atoms with Gasteiger partial charge >= 0.3 is 6.03 Å². The molecule has 3 N–H and O–H groups in total. The van der Waals surface area contributed by atoms with Crippen LogP contribution in [0.4, 0.5) is 16.2 Å². The van der Waals surface area contributed by atoms with Crippen LogP contribution < -0.4 is 16.0 Å². The normalized spacial score (nSPS) is 13.8. The fourth-order valence-corrected chi connectivity index (χ4v) is 4.15. The molecule has 0 unspecified atom stereocenters. The second-order valence-electron chi connectivity index (χ2n) is 8.28. The van der Waals surface area contributed by atoms with E-state index in [9.17, 15) is 14.4 Å². The lowest BCUT2D eigenvalue weighted by atomic mass is 9.94. The van der Waals surface area contributed by atoms with Crippen LogP contribution in [0.25, 0.3) is 10.8 Å². The summed E-state index contributed by atoms with van der Waals surface area (Å²) in [5, 5.41) is 10.3. The number of carbonyl (C=O) groups is 3. The largest absolute Gasteiger partial charge is 0.339 e. The fourth-order valence-electron chi connectivity index (χ4n) is 4.15. The molecule has 3 aromatic rings. The first-order valence-corrected chi connectivity index (χ1v) is 11.4. The van der Waals surface area contributed by atoms with E-state index in [4.69, 9.17) is 0 Å². The summed E-state index contributed by atoms with van der Waals surface area (Å²) >= 11 is 0. The van der Waals surface area contributed by atoms with E-state index in [1.54, 1.807) is 30.3 Å². The van der Waals surface area contributed by atoms with Crippen molar-refractivity contribution in [1.82, 2.24) is 10.2 Å². The van der Waals surface area contributed by atoms with Gasteiger partial charge in [-0.15, -0.1) is 6.58 Å². The number of anilines is 2. The van der Waals surface area contributed by atoms with Crippen LogP contribution in [0.1, 0.15) is 23.2 Å². The van der Waals surface area contributed by atoms with Crippen molar-refractivity contribution in [3.8, 4) is 0 Å². The van der Waals surface area contributed by atoms with Crippen molar-refractivity contribution < 1.29 is 14.4 Å². The summed E-state index contributed by atoms with van der Waals surface area (Å²) in [7, 11) is 0. The van der Waals surface area contributed by atoms with Gasteiger partial charge in [0.2, 0.25) is 5.91 Å². The topological polar surface area (TPSA) is 90.5 Å². The monoisotopic (exact) mass is 456 g/mol. The third-order valence-corrected chi connectivity index (χ3v) is 5.99. The van der Waals surface area contributed by atoms with Gasteiger partial charge in [-0.1, -0.05) is 42.5 Å². The molecule has 0 bridgehead atoms. The zero-order chi connectivity index (χ0) is 23.9. The molecule has 1 heterocycles. The van der Waals surface area contributed by atoms with Gasteiger partial charge in [-0.2, -0.15) is 0 Å². The Morgan fingerprint density at radius 3 is 2.24 bits per heavy atom. The molecule has 0 aliphatic carbocycles. The standard InChI is InChI=1S/C27H28N4O3/c1-2-16-28-27(34)30-22-12-10-21(11-13-22)29-25(32)20-14-17-31(18-15-20)26(33)24-9-5-7-19-6-3-4-8-23(19)24/h2-13,20H,1,14-18H2,(H,29,32)(H2,28,30,34). The highest BCUT2D eigenvalue weighted by Crippen LogP contribution is 2.25. The summed E-state index contributed by atoms with van der Waals surface area (Å²) in [5.74, 6) is -0.198. The molecule has 1 aliphatic rings. The summed E-state index contributed by atoms with van der Waals surface area (Å²) in [6.45, 7) is 5.02. The molecule has 3 aromatic carbocycles. The Morgan fingerprint density at radius 1 is 0.882 bits per heavy atom. The molecule has 7 nitrogen and oxygen atoms in total. The van der Waals surface area contributed by atoms with E-state index in [0.717, 1.165) is 10.8 Å². The van der Waals surface area contributed by atoms with Gasteiger partial charge in [0.05, 0.1) is 0 Å². The number of urea groups is 1. The molecule has 7 heteroatoms. The Kier molecular flexibility index (Phi) is 7.22. The maximum absolute atomic E-state index is 13.1. The highest BCUT2D eigenvalue weighted by Gasteiger charge is 2.28. The molecule has 1 saturated heterocycles. The quantitative estimate of drug-likeness (QED) is 0.472. The highest BCUT2D eigenvalue weighted by atomic mass is 16.2. The number of carbonyl (C=O) groups excluding carboxylic acids is 3. The maximum Gasteiger partial charge on any atom is 0.319 e. The van der Waals surface area contributed by atoms with E-state index >= 15 is 0 Å². The van der Waals surface area contributed by atoms with Crippen LogP contribution in [0.3, 0.4) is 0 Å². The summed E-state index contributed by atoms with van der Waals surface area (Å²) in [4.78, 5) is 39.4. The van der Waals surface area contributed by atoms with E-state index in [2.05, 4.69) is 22.5 Å². The van der Waals surface area contributed by atoms with Crippen LogP contribution in [-0.2, 0) is 4.79 Å². The van der Waals surface area contributed by atoms with Crippen molar-refractivity contribution in [2.75, 3.05) is 30.3 Å². The molecule has 1 fully saturated rings. The van der Waals surface area contributed by atoms with E-state index in [1.165, 1.54) is 0 Å².